The van der Waals surface area contributed by atoms with Gasteiger partial charge in [-0.05, 0) is 40.4 Å². The Balaban J connectivity index is 2.90. The zero-order valence-electron chi connectivity index (χ0n) is 13.3. The van der Waals surface area contributed by atoms with Crippen molar-refractivity contribution >= 4 is 28.3 Å². The summed E-state index contributed by atoms with van der Waals surface area (Å²) in [5, 5.41) is 0. The third-order valence-corrected chi connectivity index (χ3v) is 3.69. The molecule has 0 aliphatic carbocycles. The second kappa shape index (κ2) is 9.56. The lowest BCUT2D eigenvalue weighted by Gasteiger charge is -2.29. The molecule has 0 aliphatic rings. The van der Waals surface area contributed by atoms with Crippen LogP contribution in [0, 0.1) is 5.92 Å². The van der Waals surface area contributed by atoms with Crippen molar-refractivity contribution in [3.8, 4) is 0 Å². The molecule has 0 aliphatic heterocycles. The van der Waals surface area contributed by atoms with Crippen molar-refractivity contribution in [2.24, 2.45) is 5.92 Å². The first-order valence-corrected chi connectivity index (χ1v) is 8.29. The van der Waals surface area contributed by atoms with Crippen LogP contribution in [0.3, 0.4) is 0 Å². The molecule has 0 saturated carbocycles. The predicted octanol–water partition coefficient (Wildman–Crippen LogP) is 3.81. The standard InChI is InChI=1S/C16H23BrN2O3/c1-4-5-9-22-16(21)19(14(11-20)12(2)3)10-13-7-6-8-15(17)18-13/h6-8,11-12,14H,4-5,9-10H2,1-3H3. The van der Waals surface area contributed by atoms with Crippen molar-refractivity contribution in [3.63, 3.8) is 0 Å². The van der Waals surface area contributed by atoms with E-state index < -0.39 is 12.1 Å². The van der Waals surface area contributed by atoms with E-state index in [0.29, 0.717) is 16.9 Å². The normalized spacial score (nSPS) is 12.0. The van der Waals surface area contributed by atoms with Gasteiger partial charge in [0, 0.05) is 0 Å². The van der Waals surface area contributed by atoms with E-state index in [4.69, 9.17) is 4.74 Å². The van der Waals surface area contributed by atoms with Crippen LogP contribution in [0.25, 0.3) is 0 Å². The molecule has 1 unspecified atom stereocenters. The molecule has 0 spiro atoms. The number of pyridine rings is 1. The minimum atomic E-state index is -0.532. The summed E-state index contributed by atoms with van der Waals surface area (Å²) in [6.45, 7) is 6.44. The molecule has 0 radical (unpaired) electrons. The summed E-state index contributed by atoms with van der Waals surface area (Å²) >= 11 is 3.31. The zero-order chi connectivity index (χ0) is 16.5. The highest BCUT2D eigenvalue weighted by molar-refractivity contribution is 9.10. The van der Waals surface area contributed by atoms with E-state index in [1.165, 1.54) is 4.90 Å². The fraction of sp³-hybridized carbons (Fsp3) is 0.562. The van der Waals surface area contributed by atoms with E-state index in [9.17, 15) is 9.59 Å². The molecule has 6 heteroatoms. The summed E-state index contributed by atoms with van der Waals surface area (Å²) < 4.78 is 5.96. The first kappa shape index (κ1) is 18.6. The molecule has 1 heterocycles. The maximum absolute atomic E-state index is 12.3. The molecule has 1 aromatic rings. The van der Waals surface area contributed by atoms with Gasteiger partial charge in [-0.1, -0.05) is 33.3 Å². The smallest absolute Gasteiger partial charge is 0.410 e. The number of hydrogen-bond acceptors (Lipinski definition) is 4. The molecule has 5 nitrogen and oxygen atoms in total. The molecule has 1 amide bonds. The van der Waals surface area contributed by atoms with Crippen molar-refractivity contribution in [2.75, 3.05) is 6.61 Å². The van der Waals surface area contributed by atoms with Crippen molar-refractivity contribution in [3.05, 3.63) is 28.5 Å². The van der Waals surface area contributed by atoms with E-state index in [1.54, 1.807) is 0 Å². The first-order valence-electron chi connectivity index (χ1n) is 7.49. The molecule has 1 atom stereocenters. The number of rotatable bonds is 8. The van der Waals surface area contributed by atoms with Crippen LogP contribution in [0.1, 0.15) is 39.3 Å². The minimum Gasteiger partial charge on any atom is -0.449 e. The second-order valence-electron chi connectivity index (χ2n) is 5.42. The second-order valence-corrected chi connectivity index (χ2v) is 6.23. The molecule has 0 fully saturated rings. The number of aromatic nitrogens is 1. The Bertz CT molecular complexity index is 494. The van der Waals surface area contributed by atoms with Crippen molar-refractivity contribution in [1.29, 1.82) is 0 Å². The number of carbonyl (C=O) groups excluding carboxylic acids is 2. The van der Waals surface area contributed by atoms with E-state index in [-0.39, 0.29) is 12.5 Å². The summed E-state index contributed by atoms with van der Waals surface area (Å²) in [5.41, 5.74) is 0.703. The molecule has 0 aromatic carbocycles. The molecule has 22 heavy (non-hydrogen) atoms. The summed E-state index contributed by atoms with van der Waals surface area (Å²) in [5.74, 6) is 0.00313. The van der Waals surface area contributed by atoms with Crippen LogP contribution in [0.2, 0.25) is 0 Å². The van der Waals surface area contributed by atoms with Gasteiger partial charge in [-0.15, -0.1) is 0 Å². The highest BCUT2D eigenvalue weighted by Gasteiger charge is 2.27. The fourth-order valence-corrected chi connectivity index (χ4v) is 2.36. The van der Waals surface area contributed by atoms with E-state index in [2.05, 4.69) is 20.9 Å². The van der Waals surface area contributed by atoms with Crippen LogP contribution in [0.15, 0.2) is 22.8 Å². The maximum Gasteiger partial charge on any atom is 0.410 e. The number of aldehydes is 1. The molecule has 0 N–H and O–H groups in total. The zero-order valence-corrected chi connectivity index (χ0v) is 14.9. The summed E-state index contributed by atoms with van der Waals surface area (Å²) in [4.78, 5) is 29.5. The Hall–Kier alpha value is -1.43. The highest BCUT2D eigenvalue weighted by atomic mass is 79.9. The minimum absolute atomic E-state index is 0.00313. The first-order chi connectivity index (χ1) is 10.5. The fourth-order valence-electron chi connectivity index (χ4n) is 1.98. The average molecular weight is 371 g/mol. The van der Waals surface area contributed by atoms with Gasteiger partial charge in [0.15, 0.2) is 0 Å². The maximum atomic E-state index is 12.3. The summed E-state index contributed by atoms with van der Waals surface area (Å²) in [6, 6.07) is 4.94. The van der Waals surface area contributed by atoms with Crippen LogP contribution in [-0.4, -0.2) is 34.9 Å². The molecular weight excluding hydrogens is 348 g/mol. The lowest BCUT2D eigenvalue weighted by atomic mass is 10.0. The third kappa shape index (κ3) is 5.75. The van der Waals surface area contributed by atoms with Gasteiger partial charge in [0.05, 0.1) is 24.9 Å². The topological polar surface area (TPSA) is 59.5 Å². The summed E-state index contributed by atoms with van der Waals surface area (Å²) in [7, 11) is 0. The Labute approximate surface area is 140 Å². The van der Waals surface area contributed by atoms with Gasteiger partial charge >= 0.3 is 6.09 Å². The summed E-state index contributed by atoms with van der Waals surface area (Å²) in [6.07, 6.45) is 2.08. The Morgan fingerprint density at radius 2 is 2.18 bits per heavy atom. The van der Waals surface area contributed by atoms with Crippen molar-refractivity contribution in [2.45, 2.75) is 46.2 Å². The van der Waals surface area contributed by atoms with Gasteiger partial charge in [0.2, 0.25) is 0 Å². The number of halogens is 1. The molecule has 1 rings (SSSR count). The number of amides is 1. The molecule has 0 saturated heterocycles. The average Bonchev–Trinajstić information content (AvgIpc) is 2.47. The van der Waals surface area contributed by atoms with Crippen LogP contribution < -0.4 is 0 Å². The molecular formula is C16H23BrN2O3. The monoisotopic (exact) mass is 370 g/mol. The number of hydrogen-bond donors (Lipinski definition) is 0. The Morgan fingerprint density at radius 1 is 1.45 bits per heavy atom. The van der Waals surface area contributed by atoms with Gasteiger partial charge in [0.25, 0.3) is 0 Å². The number of nitrogens with zero attached hydrogens (tertiary/aromatic N) is 2. The lowest BCUT2D eigenvalue weighted by molar-refractivity contribution is -0.113. The largest absolute Gasteiger partial charge is 0.449 e. The number of carbonyl (C=O) groups is 2. The van der Waals surface area contributed by atoms with Gasteiger partial charge in [-0.2, -0.15) is 0 Å². The SMILES string of the molecule is CCCCOC(=O)N(Cc1cccc(Br)n1)C(C=O)C(C)C. The highest BCUT2D eigenvalue weighted by Crippen LogP contribution is 2.16. The van der Waals surface area contributed by atoms with Crippen LogP contribution in [0.4, 0.5) is 4.79 Å². The van der Waals surface area contributed by atoms with Crippen LogP contribution in [-0.2, 0) is 16.1 Å². The van der Waals surface area contributed by atoms with Gasteiger partial charge in [-0.25, -0.2) is 9.78 Å². The number of ether oxygens (including phenoxy) is 1. The van der Waals surface area contributed by atoms with Crippen LogP contribution in [0.5, 0.6) is 0 Å². The van der Waals surface area contributed by atoms with Crippen LogP contribution >= 0.6 is 15.9 Å². The van der Waals surface area contributed by atoms with Gasteiger partial charge in [0.1, 0.15) is 10.9 Å². The van der Waals surface area contributed by atoms with Crippen molar-refractivity contribution in [1.82, 2.24) is 9.88 Å². The van der Waals surface area contributed by atoms with Gasteiger partial charge in [-0.3, -0.25) is 4.90 Å². The Morgan fingerprint density at radius 3 is 2.73 bits per heavy atom. The molecule has 122 valence electrons. The molecule has 0 bridgehead atoms. The third-order valence-electron chi connectivity index (χ3n) is 3.25. The van der Waals surface area contributed by atoms with Crippen molar-refractivity contribution < 1.29 is 14.3 Å². The van der Waals surface area contributed by atoms with E-state index in [1.807, 2.05) is 39.0 Å². The quantitative estimate of drug-likeness (QED) is 0.396. The Kier molecular flexibility index (Phi) is 8.09. The van der Waals surface area contributed by atoms with Gasteiger partial charge < -0.3 is 9.53 Å². The lowest BCUT2D eigenvalue weighted by Crippen LogP contribution is -2.44. The number of unbranched alkanes of at least 4 members (excludes halogenated alkanes) is 1. The van der Waals surface area contributed by atoms with E-state index >= 15 is 0 Å². The molecule has 1 aromatic heterocycles. The van der Waals surface area contributed by atoms with E-state index in [0.717, 1.165) is 19.1 Å². The predicted molar refractivity (Wildman–Crippen MR) is 88.4 cm³/mol.